The van der Waals surface area contributed by atoms with Gasteiger partial charge in [0.25, 0.3) is 11.6 Å². The molecule has 0 aliphatic carbocycles. The average molecular weight is 299 g/mol. The first kappa shape index (κ1) is 16.4. The monoisotopic (exact) mass is 298 g/mol. The van der Waals surface area contributed by atoms with Crippen LogP contribution in [-0.2, 0) is 0 Å². The van der Waals surface area contributed by atoms with E-state index in [-0.39, 0.29) is 28.2 Å². The quantitative estimate of drug-likeness (QED) is 0.641. The summed E-state index contributed by atoms with van der Waals surface area (Å²) < 4.78 is 0. The van der Waals surface area contributed by atoms with E-state index >= 15 is 0 Å². The van der Waals surface area contributed by atoms with Crippen LogP contribution in [0.4, 0.5) is 5.69 Å². The van der Waals surface area contributed by atoms with Crippen LogP contribution in [0.25, 0.3) is 0 Å². The standard InChI is InChI=1S/C14H19ClN2O3/c1-4-10(5-2)9(3)16-14(18)11-6-7-12(15)13(8-11)17(19)20/h6-10H,4-5H2,1-3H3,(H,16,18). The maximum Gasteiger partial charge on any atom is 0.288 e. The lowest BCUT2D eigenvalue weighted by Gasteiger charge is -2.22. The molecular weight excluding hydrogens is 280 g/mol. The van der Waals surface area contributed by atoms with E-state index in [1.54, 1.807) is 0 Å². The minimum absolute atomic E-state index is 0.0206. The first-order chi connectivity index (χ1) is 9.40. The summed E-state index contributed by atoms with van der Waals surface area (Å²) in [4.78, 5) is 22.3. The zero-order valence-electron chi connectivity index (χ0n) is 11.9. The number of amides is 1. The van der Waals surface area contributed by atoms with Crippen LogP contribution in [0.2, 0.25) is 5.02 Å². The third-order valence-electron chi connectivity index (χ3n) is 3.52. The van der Waals surface area contributed by atoms with Crippen LogP contribution in [-0.4, -0.2) is 16.9 Å². The van der Waals surface area contributed by atoms with Crippen molar-refractivity contribution in [2.24, 2.45) is 5.92 Å². The van der Waals surface area contributed by atoms with Gasteiger partial charge in [-0.2, -0.15) is 0 Å². The fourth-order valence-corrected chi connectivity index (χ4v) is 2.38. The summed E-state index contributed by atoms with van der Waals surface area (Å²) in [6.45, 7) is 6.09. The van der Waals surface area contributed by atoms with E-state index in [0.29, 0.717) is 5.92 Å². The molecule has 1 atom stereocenters. The number of carbonyl (C=O) groups is 1. The van der Waals surface area contributed by atoms with Crippen molar-refractivity contribution < 1.29 is 9.72 Å². The molecule has 0 aliphatic rings. The molecule has 0 radical (unpaired) electrons. The first-order valence-electron chi connectivity index (χ1n) is 6.65. The maximum absolute atomic E-state index is 12.1. The van der Waals surface area contributed by atoms with Gasteiger partial charge in [-0.05, 0) is 25.0 Å². The molecule has 110 valence electrons. The number of carbonyl (C=O) groups excluding carboxylic acids is 1. The van der Waals surface area contributed by atoms with Crippen molar-refractivity contribution in [3.63, 3.8) is 0 Å². The number of hydrogen-bond acceptors (Lipinski definition) is 3. The molecule has 20 heavy (non-hydrogen) atoms. The van der Waals surface area contributed by atoms with Gasteiger partial charge in [0, 0.05) is 17.7 Å². The molecule has 0 fully saturated rings. The van der Waals surface area contributed by atoms with Crippen LogP contribution in [0.5, 0.6) is 0 Å². The van der Waals surface area contributed by atoms with Gasteiger partial charge in [-0.25, -0.2) is 0 Å². The lowest BCUT2D eigenvalue weighted by Crippen LogP contribution is -2.37. The number of nitrogens with zero attached hydrogens (tertiary/aromatic N) is 1. The molecule has 5 nitrogen and oxygen atoms in total. The number of nitrogens with one attached hydrogen (secondary N) is 1. The second-order valence-electron chi connectivity index (χ2n) is 4.76. The Morgan fingerprint density at radius 3 is 2.50 bits per heavy atom. The largest absolute Gasteiger partial charge is 0.349 e. The maximum atomic E-state index is 12.1. The summed E-state index contributed by atoms with van der Waals surface area (Å²) in [7, 11) is 0. The van der Waals surface area contributed by atoms with Gasteiger partial charge in [-0.3, -0.25) is 14.9 Å². The van der Waals surface area contributed by atoms with Crippen molar-refractivity contribution in [2.45, 2.75) is 39.7 Å². The van der Waals surface area contributed by atoms with Gasteiger partial charge in [0.2, 0.25) is 0 Å². The summed E-state index contributed by atoms with van der Waals surface area (Å²) in [5.74, 6) is 0.0744. The van der Waals surface area contributed by atoms with Crippen molar-refractivity contribution in [3.8, 4) is 0 Å². The van der Waals surface area contributed by atoms with Crippen LogP contribution in [0, 0.1) is 16.0 Å². The summed E-state index contributed by atoms with van der Waals surface area (Å²) >= 11 is 5.72. The van der Waals surface area contributed by atoms with Gasteiger partial charge in [-0.1, -0.05) is 38.3 Å². The third kappa shape index (κ3) is 3.93. The van der Waals surface area contributed by atoms with Crippen molar-refractivity contribution in [2.75, 3.05) is 0 Å². The number of nitro groups is 1. The van der Waals surface area contributed by atoms with Gasteiger partial charge in [0.15, 0.2) is 0 Å². The molecule has 0 heterocycles. The summed E-state index contributed by atoms with van der Waals surface area (Å²) in [5, 5.41) is 13.7. The molecule has 1 aromatic rings. The van der Waals surface area contributed by atoms with E-state index in [2.05, 4.69) is 19.2 Å². The highest BCUT2D eigenvalue weighted by molar-refractivity contribution is 6.32. The van der Waals surface area contributed by atoms with Crippen LogP contribution in [0.15, 0.2) is 18.2 Å². The zero-order valence-corrected chi connectivity index (χ0v) is 12.6. The molecule has 0 bridgehead atoms. The Hall–Kier alpha value is -1.62. The molecular formula is C14H19ClN2O3. The molecule has 1 aromatic carbocycles. The zero-order chi connectivity index (χ0) is 15.3. The Labute approximate surface area is 123 Å². The van der Waals surface area contributed by atoms with Gasteiger partial charge in [0.1, 0.15) is 5.02 Å². The van der Waals surface area contributed by atoms with Crippen molar-refractivity contribution in [1.82, 2.24) is 5.32 Å². The van der Waals surface area contributed by atoms with Crippen molar-refractivity contribution in [3.05, 3.63) is 38.9 Å². The Morgan fingerprint density at radius 1 is 1.40 bits per heavy atom. The number of halogens is 1. The SMILES string of the molecule is CCC(CC)C(C)NC(=O)c1ccc(Cl)c([N+](=O)[O-])c1. The van der Waals surface area contributed by atoms with Crippen molar-refractivity contribution in [1.29, 1.82) is 0 Å². The minimum Gasteiger partial charge on any atom is -0.349 e. The Balaban J connectivity index is 2.88. The van der Waals surface area contributed by atoms with E-state index in [9.17, 15) is 14.9 Å². The van der Waals surface area contributed by atoms with Gasteiger partial charge < -0.3 is 5.32 Å². The van der Waals surface area contributed by atoms with E-state index in [1.807, 2.05) is 6.92 Å². The van der Waals surface area contributed by atoms with E-state index in [1.165, 1.54) is 18.2 Å². The molecule has 0 aromatic heterocycles. The number of rotatable bonds is 6. The van der Waals surface area contributed by atoms with Crippen LogP contribution < -0.4 is 5.32 Å². The molecule has 1 unspecified atom stereocenters. The average Bonchev–Trinajstić information content (AvgIpc) is 2.40. The molecule has 0 saturated carbocycles. The summed E-state index contributed by atoms with van der Waals surface area (Å²) in [6, 6.07) is 4.09. The normalized spacial score (nSPS) is 12.2. The van der Waals surface area contributed by atoms with Gasteiger partial charge in [0.05, 0.1) is 4.92 Å². The molecule has 1 amide bonds. The van der Waals surface area contributed by atoms with Crippen LogP contribution >= 0.6 is 11.6 Å². The van der Waals surface area contributed by atoms with Crippen LogP contribution in [0.1, 0.15) is 44.0 Å². The van der Waals surface area contributed by atoms with E-state index in [4.69, 9.17) is 11.6 Å². The number of hydrogen-bond donors (Lipinski definition) is 1. The second-order valence-corrected chi connectivity index (χ2v) is 5.17. The topological polar surface area (TPSA) is 72.2 Å². The summed E-state index contributed by atoms with van der Waals surface area (Å²) in [6.07, 6.45) is 1.94. The second kappa shape index (κ2) is 7.24. The predicted octanol–water partition coefficient (Wildman–Crippen LogP) is 3.80. The summed E-state index contributed by atoms with van der Waals surface area (Å²) in [5.41, 5.74) is -0.00610. The third-order valence-corrected chi connectivity index (χ3v) is 3.84. The van der Waals surface area contributed by atoms with E-state index < -0.39 is 4.92 Å². The van der Waals surface area contributed by atoms with Gasteiger partial charge in [-0.15, -0.1) is 0 Å². The Kier molecular flexibility index (Phi) is 5.95. The predicted molar refractivity (Wildman–Crippen MR) is 79.1 cm³/mol. The number of nitro benzene ring substituents is 1. The highest BCUT2D eigenvalue weighted by Crippen LogP contribution is 2.25. The fourth-order valence-electron chi connectivity index (χ4n) is 2.20. The molecule has 0 aliphatic heterocycles. The molecule has 1 rings (SSSR count). The Morgan fingerprint density at radius 2 is 2.00 bits per heavy atom. The molecule has 6 heteroatoms. The van der Waals surface area contributed by atoms with Gasteiger partial charge >= 0.3 is 0 Å². The van der Waals surface area contributed by atoms with Crippen LogP contribution in [0.3, 0.4) is 0 Å². The number of benzene rings is 1. The lowest BCUT2D eigenvalue weighted by atomic mass is 9.95. The highest BCUT2D eigenvalue weighted by Gasteiger charge is 2.19. The fraction of sp³-hybridized carbons (Fsp3) is 0.500. The molecule has 0 saturated heterocycles. The minimum atomic E-state index is -0.594. The van der Waals surface area contributed by atoms with E-state index in [0.717, 1.165) is 12.8 Å². The highest BCUT2D eigenvalue weighted by atomic mass is 35.5. The smallest absolute Gasteiger partial charge is 0.288 e. The van der Waals surface area contributed by atoms with Crippen molar-refractivity contribution >= 4 is 23.2 Å². The molecule has 1 N–H and O–H groups in total. The molecule has 0 spiro atoms. The Bertz CT molecular complexity index is 501. The first-order valence-corrected chi connectivity index (χ1v) is 7.03. The lowest BCUT2D eigenvalue weighted by molar-refractivity contribution is -0.384.